The van der Waals surface area contributed by atoms with Gasteiger partial charge in [0.15, 0.2) is 0 Å². The molecule has 8 heteroatoms. The number of nitrogen functional groups attached to an aromatic ring is 1. The van der Waals surface area contributed by atoms with Crippen LogP contribution in [-0.4, -0.2) is 23.6 Å². The minimum Gasteiger partial charge on any atom is -0.352 e. The van der Waals surface area contributed by atoms with Gasteiger partial charge in [-0.15, -0.1) is 0 Å². The second-order valence-corrected chi connectivity index (χ2v) is 3.54. The number of carbonyl (C=O) groups excluding carboxylic acids is 1. The molecule has 5 nitrogen and oxygen atoms in total. The highest BCUT2D eigenvalue weighted by Gasteiger charge is 2.26. The topological polar surface area (TPSA) is 80.0 Å². The zero-order chi connectivity index (χ0) is 13.6. The van der Waals surface area contributed by atoms with Crippen LogP contribution in [0, 0.1) is 0 Å². The summed E-state index contributed by atoms with van der Waals surface area (Å²) in [4.78, 5) is 15.4. The Morgan fingerprint density at radius 2 is 2.17 bits per heavy atom. The number of amides is 1. The lowest BCUT2D eigenvalue weighted by Crippen LogP contribution is -2.27. The van der Waals surface area contributed by atoms with Gasteiger partial charge in [0.1, 0.15) is 0 Å². The average Bonchev–Trinajstić information content (AvgIpc) is 2.33. The van der Waals surface area contributed by atoms with E-state index in [0.29, 0.717) is 5.69 Å². The van der Waals surface area contributed by atoms with Crippen LogP contribution in [-0.2, 0) is 0 Å². The average molecular weight is 262 g/mol. The van der Waals surface area contributed by atoms with E-state index in [1.54, 1.807) is 0 Å². The minimum absolute atomic E-state index is 0.0509. The summed E-state index contributed by atoms with van der Waals surface area (Å²) in [6.45, 7) is -0.0509. The second kappa shape index (κ2) is 6.20. The molecule has 0 bridgehead atoms. The first kappa shape index (κ1) is 14.2. The molecule has 0 aliphatic carbocycles. The number of halogens is 3. The van der Waals surface area contributed by atoms with Crippen LogP contribution in [0.25, 0.3) is 0 Å². The summed E-state index contributed by atoms with van der Waals surface area (Å²) in [7, 11) is 0. The van der Waals surface area contributed by atoms with Gasteiger partial charge in [-0.3, -0.25) is 15.6 Å². The number of anilines is 1. The number of aromatic nitrogens is 1. The van der Waals surface area contributed by atoms with Crippen LogP contribution >= 0.6 is 0 Å². The number of nitrogens with two attached hydrogens (primary N) is 1. The lowest BCUT2D eigenvalue weighted by Gasteiger charge is -2.09. The Morgan fingerprint density at radius 3 is 2.78 bits per heavy atom. The lowest BCUT2D eigenvalue weighted by atomic mass is 10.2. The van der Waals surface area contributed by atoms with E-state index in [9.17, 15) is 18.0 Å². The van der Waals surface area contributed by atoms with E-state index >= 15 is 0 Å². The summed E-state index contributed by atoms with van der Waals surface area (Å²) >= 11 is 0. The molecule has 1 aromatic heterocycles. The molecule has 1 amide bonds. The standard InChI is InChI=1S/C10H13F3N4O/c11-10(12,13)3-1-4-16-9(18)7-2-5-15-6-8(7)17-14/h2,5-6,17H,1,3-4,14H2,(H,16,18). The first-order valence-corrected chi connectivity index (χ1v) is 5.19. The van der Waals surface area contributed by atoms with Gasteiger partial charge in [0.25, 0.3) is 5.91 Å². The molecule has 0 aliphatic heterocycles. The van der Waals surface area contributed by atoms with Gasteiger partial charge in [0.2, 0.25) is 0 Å². The molecule has 1 aromatic rings. The molecule has 0 atom stereocenters. The Kier molecular flexibility index (Phi) is 4.90. The van der Waals surface area contributed by atoms with E-state index in [0.717, 1.165) is 0 Å². The third kappa shape index (κ3) is 4.58. The molecule has 0 saturated carbocycles. The number of pyridine rings is 1. The van der Waals surface area contributed by atoms with Gasteiger partial charge in [0.05, 0.1) is 17.4 Å². The van der Waals surface area contributed by atoms with Crippen LogP contribution in [0.15, 0.2) is 18.5 Å². The molecule has 100 valence electrons. The van der Waals surface area contributed by atoms with Gasteiger partial charge < -0.3 is 10.7 Å². The number of rotatable bonds is 5. The number of carbonyl (C=O) groups is 1. The van der Waals surface area contributed by atoms with Crippen LogP contribution in [0.5, 0.6) is 0 Å². The Morgan fingerprint density at radius 1 is 1.44 bits per heavy atom. The fourth-order valence-electron chi connectivity index (χ4n) is 1.29. The predicted molar refractivity (Wildman–Crippen MR) is 59.7 cm³/mol. The van der Waals surface area contributed by atoms with Crippen molar-refractivity contribution in [1.29, 1.82) is 0 Å². The van der Waals surface area contributed by atoms with Gasteiger partial charge in [0, 0.05) is 19.2 Å². The van der Waals surface area contributed by atoms with Crippen molar-refractivity contribution in [2.45, 2.75) is 19.0 Å². The van der Waals surface area contributed by atoms with Crippen molar-refractivity contribution in [2.24, 2.45) is 5.84 Å². The van der Waals surface area contributed by atoms with Crippen LogP contribution in [0.2, 0.25) is 0 Å². The number of hydrogen-bond donors (Lipinski definition) is 3. The lowest BCUT2D eigenvalue weighted by molar-refractivity contribution is -0.135. The zero-order valence-corrected chi connectivity index (χ0v) is 9.42. The van der Waals surface area contributed by atoms with Crippen LogP contribution in [0.3, 0.4) is 0 Å². The monoisotopic (exact) mass is 262 g/mol. The molecule has 0 unspecified atom stereocenters. The van der Waals surface area contributed by atoms with E-state index in [-0.39, 0.29) is 18.5 Å². The molecule has 1 heterocycles. The molecule has 1 rings (SSSR count). The first-order valence-electron chi connectivity index (χ1n) is 5.19. The minimum atomic E-state index is -4.20. The fraction of sp³-hybridized carbons (Fsp3) is 0.400. The van der Waals surface area contributed by atoms with Gasteiger partial charge in [-0.25, -0.2) is 0 Å². The second-order valence-electron chi connectivity index (χ2n) is 3.54. The molecule has 0 fully saturated rings. The normalized spacial score (nSPS) is 11.1. The number of hydrazine groups is 1. The van der Waals surface area contributed by atoms with Crippen molar-refractivity contribution < 1.29 is 18.0 Å². The van der Waals surface area contributed by atoms with E-state index < -0.39 is 18.5 Å². The molecule has 0 aromatic carbocycles. The molecule has 0 aliphatic rings. The Labute approximate surface area is 102 Å². The summed E-state index contributed by atoms with van der Waals surface area (Å²) in [5.74, 6) is 4.69. The summed E-state index contributed by atoms with van der Waals surface area (Å²) in [5, 5.41) is 2.38. The number of alkyl halides is 3. The quantitative estimate of drug-likeness (QED) is 0.426. The van der Waals surface area contributed by atoms with E-state index in [2.05, 4.69) is 15.7 Å². The van der Waals surface area contributed by atoms with E-state index in [1.165, 1.54) is 18.5 Å². The fourth-order valence-corrected chi connectivity index (χ4v) is 1.29. The van der Waals surface area contributed by atoms with Gasteiger partial charge in [-0.2, -0.15) is 13.2 Å². The first-order chi connectivity index (χ1) is 8.44. The number of hydrogen-bond acceptors (Lipinski definition) is 4. The van der Waals surface area contributed by atoms with Crippen LogP contribution in [0.4, 0.5) is 18.9 Å². The third-order valence-electron chi connectivity index (χ3n) is 2.14. The summed E-state index contributed by atoms with van der Waals surface area (Å²) in [5.41, 5.74) is 2.83. The van der Waals surface area contributed by atoms with Crippen molar-refractivity contribution >= 4 is 11.6 Å². The largest absolute Gasteiger partial charge is 0.389 e. The maximum Gasteiger partial charge on any atom is 0.389 e. The van der Waals surface area contributed by atoms with Crippen LogP contribution in [0.1, 0.15) is 23.2 Å². The zero-order valence-electron chi connectivity index (χ0n) is 9.42. The summed E-state index contributed by atoms with van der Waals surface area (Å²) in [6, 6.07) is 1.42. The van der Waals surface area contributed by atoms with Crippen molar-refractivity contribution in [1.82, 2.24) is 10.3 Å². The predicted octanol–water partition coefficient (Wildman–Crippen LogP) is 1.44. The van der Waals surface area contributed by atoms with Gasteiger partial charge in [-0.1, -0.05) is 0 Å². The Hall–Kier alpha value is -1.83. The van der Waals surface area contributed by atoms with E-state index in [4.69, 9.17) is 5.84 Å². The third-order valence-corrected chi connectivity index (χ3v) is 2.14. The van der Waals surface area contributed by atoms with Crippen molar-refractivity contribution in [3.63, 3.8) is 0 Å². The van der Waals surface area contributed by atoms with Crippen molar-refractivity contribution in [3.8, 4) is 0 Å². The molecular formula is C10H13F3N4O. The molecule has 0 radical (unpaired) electrons. The van der Waals surface area contributed by atoms with Crippen molar-refractivity contribution in [3.05, 3.63) is 24.0 Å². The number of nitrogens with zero attached hydrogens (tertiary/aromatic N) is 1. The van der Waals surface area contributed by atoms with E-state index in [1.807, 2.05) is 0 Å². The Balaban J connectivity index is 2.46. The molecular weight excluding hydrogens is 249 g/mol. The highest BCUT2D eigenvalue weighted by Crippen LogP contribution is 2.20. The van der Waals surface area contributed by atoms with Crippen LogP contribution < -0.4 is 16.6 Å². The van der Waals surface area contributed by atoms with Gasteiger partial charge in [-0.05, 0) is 12.5 Å². The maximum atomic E-state index is 11.9. The van der Waals surface area contributed by atoms with Crippen molar-refractivity contribution in [2.75, 3.05) is 12.0 Å². The maximum absolute atomic E-state index is 11.9. The molecule has 0 spiro atoms. The smallest absolute Gasteiger partial charge is 0.352 e. The molecule has 18 heavy (non-hydrogen) atoms. The summed E-state index contributed by atoms with van der Waals surface area (Å²) < 4.78 is 35.6. The molecule has 4 N–H and O–H groups in total. The Bertz CT molecular complexity index is 408. The van der Waals surface area contributed by atoms with Gasteiger partial charge >= 0.3 is 6.18 Å². The molecule has 0 saturated heterocycles. The SMILES string of the molecule is NNc1cnccc1C(=O)NCCCC(F)(F)F. The highest BCUT2D eigenvalue weighted by molar-refractivity contribution is 5.99. The summed E-state index contributed by atoms with van der Waals surface area (Å²) in [6.07, 6.45) is -2.54. The number of nitrogens with one attached hydrogen (secondary N) is 2. The highest BCUT2D eigenvalue weighted by atomic mass is 19.4.